The molecule has 2 aromatic rings. The lowest BCUT2D eigenvalue weighted by molar-refractivity contribution is -0.116. The van der Waals surface area contributed by atoms with Gasteiger partial charge in [0, 0.05) is 37.2 Å². The van der Waals surface area contributed by atoms with E-state index >= 15 is 0 Å². The Morgan fingerprint density at radius 1 is 1.16 bits per heavy atom. The normalized spacial score (nSPS) is 14.1. The maximum Gasteiger partial charge on any atom is 0.251 e. The average molecular weight is 336 g/mol. The van der Waals surface area contributed by atoms with Gasteiger partial charge in [-0.3, -0.25) is 9.59 Å². The fourth-order valence-electron chi connectivity index (χ4n) is 3.41. The Hall–Kier alpha value is -2.62. The van der Waals surface area contributed by atoms with E-state index in [0.717, 1.165) is 24.1 Å². The maximum atomic E-state index is 12.5. The van der Waals surface area contributed by atoms with Crippen LogP contribution in [0.5, 0.6) is 0 Å². The van der Waals surface area contributed by atoms with Gasteiger partial charge in [-0.15, -0.1) is 0 Å². The van der Waals surface area contributed by atoms with Crippen molar-refractivity contribution in [1.29, 1.82) is 0 Å². The minimum absolute atomic E-state index is 0.0459. The lowest BCUT2D eigenvalue weighted by atomic mass is 9.96. The molecule has 0 spiro atoms. The molecule has 1 aliphatic rings. The summed E-state index contributed by atoms with van der Waals surface area (Å²) in [5.74, 6) is 0.302. The molecule has 0 bridgehead atoms. The highest BCUT2D eigenvalue weighted by Gasteiger charge is 2.23. The van der Waals surface area contributed by atoms with Crippen molar-refractivity contribution >= 4 is 17.5 Å². The molecule has 0 radical (unpaired) electrons. The summed E-state index contributed by atoms with van der Waals surface area (Å²) < 4.78 is 0. The van der Waals surface area contributed by atoms with Crippen LogP contribution in [0.1, 0.15) is 47.7 Å². The summed E-state index contributed by atoms with van der Waals surface area (Å²) in [5, 5.41) is 3.05. The van der Waals surface area contributed by atoms with Crippen LogP contribution in [0.15, 0.2) is 48.5 Å². The molecule has 1 heterocycles. The Bertz CT molecular complexity index is 771. The average Bonchev–Trinajstić information content (AvgIpc) is 3.06. The number of rotatable bonds is 5. The molecule has 0 aliphatic carbocycles. The smallest absolute Gasteiger partial charge is 0.251 e. The van der Waals surface area contributed by atoms with Crippen molar-refractivity contribution in [3.05, 3.63) is 65.2 Å². The highest BCUT2D eigenvalue weighted by Crippen LogP contribution is 2.29. The van der Waals surface area contributed by atoms with Gasteiger partial charge in [0.1, 0.15) is 0 Å². The quantitative estimate of drug-likeness (QED) is 0.908. The summed E-state index contributed by atoms with van der Waals surface area (Å²) in [5.41, 5.74) is 3.90. The number of nitrogens with zero attached hydrogens (tertiary/aromatic N) is 1. The number of nitrogens with one attached hydrogen (secondary N) is 1. The summed E-state index contributed by atoms with van der Waals surface area (Å²) in [6, 6.07) is 15.9. The van der Waals surface area contributed by atoms with Crippen LogP contribution in [-0.2, 0) is 11.2 Å². The molecule has 1 N–H and O–H groups in total. The van der Waals surface area contributed by atoms with Crippen molar-refractivity contribution in [2.24, 2.45) is 0 Å². The van der Waals surface area contributed by atoms with Crippen LogP contribution in [0, 0.1) is 0 Å². The number of carbonyl (C=O) groups excluding carboxylic acids is 2. The molecule has 1 unspecified atom stereocenters. The Labute approximate surface area is 148 Å². The van der Waals surface area contributed by atoms with E-state index < -0.39 is 0 Å². The number of carbonyl (C=O) groups is 2. The zero-order valence-corrected chi connectivity index (χ0v) is 14.8. The first-order valence-electron chi connectivity index (χ1n) is 8.84. The van der Waals surface area contributed by atoms with E-state index in [-0.39, 0.29) is 11.8 Å². The second kappa shape index (κ2) is 7.51. The minimum atomic E-state index is -0.0570. The molecule has 25 heavy (non-hydrogen) atoms. The third kappa shape index (κ3) is 3.73. The van der Waals surface area contributed by atoms with Crippen LogP contribution in [0.3, 0.4) is 0 Å². The van der Waals surface area contributed by atoms with Crippen molar-refractivity contribution in [3.63, 3.8) is 0 Å². The second-order valence-electron chi connectivity index (χ2n) is 6.49. The van der Waals surface area contributed by atoms with Gasteiger partial charge in [-0.2, -0.15) is 0 Å². The number of benzene rings is 2. The van der Waals surface area contributed by atoms with Gasteiger partial charge in [0.15, 0.2) is 0 Å². The van der Waals surface area contributed by atoms with E-state index in [0.29, 0.717) is 24.6 Å². The van der Waals surface area contributed by atoms with Crippen LogP contribution in [0.4, 0.5) is 5.69 Å². The van der Waals surface area contributed by atoms with Crippen molar-refractivity contribution < 1.29 is 9.59 Å². The van der Waals surface area contributed by atoms with E-state index in [1.165, 1.54) is 5.56 Å². The summed E-state index contributed by atoms with van der Waals surface area (Å²) in [6.45, 7) is 5.03. The predicted molar refractivity (Wildman–Crippen MR) is 100.0 cm³/mol. The monoisotopic (exact) mass is 336 g/mol. The van der Waals surface area contributed by atoms with Crippen LogP contribution in [-0.4, -0.2) is 24.9 Å². The minimum Gasteiger partial charge on any atom is -0.351 e. The van der Waals surface area contributed by atoms with Crippen molar-refractivity contribution in [3.8, 4) is 0 Å². The first-order valence-corrected chi connectivity index (χ1v) is 8.84. The van der Waals surface area contributed by atoms with Gasteiger partial charge in [-0.1, -0.05) is 37.3 Å². The van der Waals surface area contributed by atoms with Crippen molar-refractivity contribution in [1.82, 2.24) is 5.32 Å². The third-order valence-electron chi connectivity index (χ3n) is 4.89. The van der Waals surface area contributed by atoms with Crippen LogP contribution >= 0.6 is 0 Å². The number of amides is 2. The first-order chi connectivity index (χ1) is 12.1. The summed E-state index contributed by atoms with van der Waals surface area (Å²) in [7, 11) is 0. The second-order valence-corrected chi connectivity index (χ2v) is 6.49. The van der Waals surface area contributed by atoms with Gasteiger partial charge in [0.25, 0.3) is 5.91 Å². The van der Waals surface area contributed by atoms with Gasteiger partial charge in [-0.25, -0.2) is 0 Å². The fraction of sp³-hybridized carbons (Fsp3) is 0.333. The molecule has 130 valence electrons. The van der Waals surface area contributed by atoms with Crippen LogP contribution < -0.4 is 10.2 Å². The third-order valence-corrected chi connectivity index (χ3v) is 4.89. The predicted octanol–water partition coefficient (Wildman–Crippen LogP) is 3.52. The van der Waals surface area contributed by atoms with Crippen molar-refractivity contribution in [2.45, 2.75) is 32.6 Å². The topological polar surface area (TPSA) is 49.4 Å². The lowest BCUT2D eigenvalue weighted by Gasteiger charge is -2.17. The van der Waals surface area contributed by atoms with Crippen molar-refractivity contribution in [2.75, 3.05) is 18.0 Å². The fourth-order valence-corrected chi connectivity index (χ4v) is 3.41. The summed E-state index contributed by atoms with van der Waals surface area (Å²) in [4.78, 5) is 25.9. The number of anilines is 1. The molecular formula is C21H24N2O2. The maximum absolute atomic E-state index is 12.5. The van der Waals surface area contributed by atoms with E-state index in [2.05, 4.69) is 24.4 Å². The summed E-state index contributed by atoms with van der Waals surface area (Å²) in [6.07, 6.45) is 1.78. The van der Waals surface area contributed by atoms with Gasteiger partial charge >= 0.3 is 0 Å². The van der Waals surface area contributed by atoms with Gasteiger partial charge in [0.2, 0.25) is 5.91 Å². The Balaban J connectivity index is 1.67. The molecular weight excluding hydrogens is 312 g/mol. The molecule has 1 aliphatic heterocycles. The molecule has 2 amide bonds. The largest absolute Gasteiger partial charge is 0.351 e. The van der Waals surface area contributed by atoms with Gasteiger partial charge in [0.05, 0.1) is 0 Å². The SMILES string of the molecule is CCC(CNC(=O)c1ccc2c(c1)CCN2C(C)=O)c1ccccc1. The Morgan fingerprint density at radius 3 is 2.60 bits per heavy atom. The standard InChI is InChI=1S/C21H24N2O2/c1-3-16(17-7-5-4-6-8-17)14-22-21(25)19-9-10-20-18(13-19)11-12-23(20)15(2)24/h4-10,13,16H,3,11-12,14H2,1-2H3,(H,22,25). The molecule has 4 heteroatoms. The Morgan fingerprint density at radius 2 is 1.92 bits per heavy atom. The highest BCUT2D eigenvalue weighted by atomic mass is 16.2. The van der Waals surface area contributed by atoms with E-state index in [1.807, 2.05) is 30.3 Å². The first kappa shape index (κ1) is 17.2. The zero-order chi connectivity index (χ0) is 17.8. The molecule has 2 aromatic carbocycles. The van der Waals surface area contributed by atoms with Crippen LogP contribution in [0.2, 0.25) is 0 Å². The molecule has 3 rings (SSSR count). The summed E-state index contributed by atoms with van der Waals surface area (Å²) >= 11 is 0. The van der Waals surface area contributed by atoms with E-state index in [4.69, 9.17) is 0 Å². The number of hydrogen-bond donors (Lipinski definition) is 1. The molecule has 0 aromatic heterocycles. The van der Waals surface area contributed by atoms with Gasteiger partial charge < -0.3 is 10.2 Å². The van der Waals surface area contributed by atoms with E-state index in [1.54, 1.807) is 17.9 Å². The number of hydrogen-bond acceptors (Lipinski definition) is 2. The van der Waals surface area contributed by atoms with Crippen LogP contribution in [0.25, 0.3) is 0 Å². The highest BCUT2D eigenvalue weighted by molar-refractivity contribution is 5.97. The zero-order valence-electron chi connectivity index (χ0n) is 14.8. The molecule has 0 saturated heterocycles. The number of fused-ring (bicyclic) bond motifs is 1. The molecule has 0 fully saturated rings. The van der Waals surface area contributed by atoms with E-state index in [9.17, 15) is 9.59 Å². The van der Waals surface area contributed by atoms with Gasteiger partial charge in [-0.05, 0) is 42.2 Å². The molecule has 1 atom stereocenters. The lowest BCUT2D eigenvalue weighted by Crippen LogP contribution is -2.28. The molecule has 0 saturated carbocycles. The Kier molecular flexibility index (Phi) is 5.17. The molecule has 4 nitrogen and oxygen atoms in total.